The van der Waals surface area contributed by atoms with Crippen molar-refractivity contribution in [2.24, 2.45) is 0 Å². The summed E-state index contributed by atoms with van der Waals surface area (Å²) in [6.45, 7) is -0.0495. The molecule has 3 rings (SSSR count). The summed E-state index contributed by atoms with van der Waals surface area (Å²) in [5.41, 5.74) is 0.00511. The Morgan fingerprint density at radius 2 is 1.90 bits per heavy atom. The van der Waals surface area contributed by atoms with E-state index >= 15 is 0 Å². The first-order chi connectivity index (χ1) is 14.6. The van der Waals surface area contributed by atoms with Gasteiger partial charge in [-0.05, 0) is 30.3 Å². The monoisotopic (exact) mass is 449 g/mol. The molecule has 2 aromatic carbocycles. The van der Waals surface area contributed by atoms with Crippen LogP contribution in [0.3, 0.4) is 0 Å². The summed E-state index contributed by atoms with van der Waals surface area (Å²) >= 11 is 0. The number of carbonyl (C=O) groups excluding carboxylic acids is 1. The van der Waals surface area contributed by atoms with Crippen LogP contribution in [0.15, 0.2) is 41.3 Å². The Bertz CT molecular complexity index is 1170. The van der Waals surface area contributed by atoms with Crippen LogP contribution in [0, 0.1) is 10.1 Å². The van der Waals surface area contributed by atoms with Gasteiger partial charge in [0.2, 0.25) is 22.7 Å². The summed E-state index contributed by atoms with van der Waals surface area (Å²) in [6, 6.07) is 6.66. The van der Waals surface area contributed by atoms with Gasteiger partial charge in [-0.15, -0.1) is 0 Å². The summed E-state index contributed by atoms with van der Waals surface area (Å²) < 4.78 is 41.3. The first kappa shape index (κ1) is 22.1. The van der Waals surface area contributed by atoms with Crippen LogP contribution in [0.25, 0.3) is 6.08 Å². The highest BCUT2D eigenvalue weighted by Gasteiger charge is 2.23. The van der Waals surface area contributed by atoms with E-state index in [1.165, 1.54) is 57.6 Å². The van der Waals surface area contributed by atoms with Crippen LogP contribution < -0.4 is 19.5 Å². The smallest absolute Gasteiger partial charge is 0.280 e. The number of fused-ring (bicyclic) bond motifs is 1. The average molecular weight is 449 g/mol. The molecule has 0 saturated carbocycles. The zero-order chi connectivity index (χ0) is 22.8. The molecular weight excluding hydrogens is 430 g/mol. The van der Waals surface area contributed by atoms with Crippen molar-refractivity contribution in [2.45, 2.75) is 4.90 Å². The predicted octanol–water partition coefficient (Wildman–Crippen LogP) is 2.23. The van der Waals surface area contributed by atoms with Gasteiger partial charge in [-0.2, -0.15) is 0 Å². The molecule has 1 aliphatic heterocycles. The molecule has 164 valence electrons. The Kier molecular flexibility index (Phi) is 6.13. The molecule has 12 heteroatoms. The number of methoxy groups -OCH3 is 1. The number of sulfonamides is 1. The number of hydrogen-bond acceptors (Lipinski definition) is 8. The van der Waals surface area contributed by atoms with Crippen LogP contribution in [-0.4, -0.2) is 51.6 Å². The third kappa shape index (κ3) is 4.59. The minimum atomic E-state index is -3.73. The molecule has 0 unspecified atom stereocenters. The Labute approximate surface area is 178 Å². The molecule has 0 fully saturated rings. The van der Waals surface area contributed by atoms with E-state index in [4.69, 9.17) is 14.2 Å². The fourth-order valence-corrected chi connectivity index (χ4v) is 3.66. The second-order valence-electron chi connectivity index (χ2n) is 6.49. The number of rotatable bonds is 7. The summed E-state index contributed by atoms with van der Waals surface area (Å²) in [4.78, 5) is 23.1. The normalized spacial score (nSPS) is 12.9. The Balaban J connectivity index is 1.88. The molecule has 31 heavy (non-hydrogen) atoms. The third-order valence-corrected chi connectivity index (χ3v) is 6.15. The summed E-state index contributed by atoms with van der Waals surface area (Å²) in [5.74, 6) is 0.170. The fraction of sp³-hybridized carbons (Fsp3) is 0.211. The van der Waals surface area contributed by atoms with Gasteiger partial charge in [0, 0.05) is 20.2 Å². The zero-order valence-corrected chi connectivity index (χ0v) is 17.6. The van der Waals surface area contributed by atoms with E-state index in [0.717, 1.165) is 10.4 Å². The van der Waals surface area contributed by atoms with E-state index in [2.05, 4.69) is 5.32 Å². The van der Waals surface area contributed by atoms with E-state index in [0.29, 0.717) is 5.75 Å². The maximum atomic E-state index is 12.4. The number of anilines is 1. The molecule has 0 aliphatic carbocycles. The molecule has 1 heterocycles. The number of carbonyl (C=O) groups is 1. The van der Waals surface area contributed by atoms with Gasteiger partial charge in [0.05, 0.1) is 34.2 Å². The van der Waals surface area contributed by atoms with Gasteiger partial charge in [-0.25, -0.2) is 12.7 Å². The van der Waals surface area contributed by atoms with E-state index in [1.54, 1.807) is 0 Å². The largest absolute Gasteiger partial charge is 0.495 e. The van der Waals surface area contributed by atoms with Gasteiger partial charge < -0.3 is 19.5 Å². The van der Waals surface area contributed by atoms with Crippen molar-refractivity contribution in [3.05, 3.63) is 52.1 Å². The highest BCUT2D eigenvalue weighted by atomic mass is 32.2. The minimum absolute atomic E-state index is 0.0380. The fourth-order valence-electron chi connectivity index (χ4n) is 2.73. The lowest BCUT2D eigenvalue weighted by atomic mass is 10.1. The molecule has 0 spiro atoms. The standard InChI is InChI=1S/C19H19N3O8S/c1-21(2)31(26,27)13-5-6-16(28-3)14(9-13)20-19(23)7-4-12-8-17-18(30-11-29-17)10-15(12)22(24)25/h4-10H,11H2,1-3H3,(H,20,23)/b7-4+. The number of amides is 1. The molecule has 0 atom stereocenters. The topological polar surface area (TPSA) is 137 Å². The summed E-state index contributed by atoms with van der Waals surface area (Å²) in [7, 11) is 0.419. The number of ether oxygens (including phenoxy) is 3. The summed E-state index contributed by atoms with van der Waals surface area (Å²) in [5, 5.41) is 13.8. The van der Waals surface area contributed by atoms with E-state index in [1.807, 2.05) is 0 Å². The van der Waals surface area contributed by atoms with E-state index in [9.17, 15) is 23.3 Å². The summed E-state index contributed by atoms with van der Waals surface area (Å²) in [6.07, 6.45) is 2.33. The van der Waals surface area contributed by atoms with E-state index < -0.39 is 20.9 Å². The Morgan fingerprint density at radius 3 is 2.52 bits per heavy atom. The molecular formula is C19H19N3O8S. The number of nitrogens with one attached hydrogen (secondary N) is 1. The van der Waals surface area contributed by atoms with Crippen LogP contribution in [-0.2, 0) is 14.8 Å². The van der Waals surface area contributed by atoms with Crippen molar-refractivity contribution in [3.8, 4) is 17.2 Å². The lowest BCUT2D eigenvalue weighted by Gasteiger charge is -2.14. The first-order valence-corrected chi connectivity index (χ1v) is 10.2. The minimum Gasteiger partial charge on any atom is -0.495 e. The van der Waals surface area contributed by atoms with Crippen molar-refractivity contribution in [3.63, 3.8) is 0 Å². The molecule has 0 saturated heterocycles. The van der Waals surface area contributed by atoms with Crippen molar-refractivity contribution < 1.29 is 32.3 Å². The molecule has 1 N–H and O–H groups in total. The molecule has 1 amide bonds. The maximum Gasteiger partial charge on any atom is 0.280 e. The van der Waals surface area contributed by atoms with Crippen molar-refractivity contribution in [1.29, 1.82) is 0 Å². The molecule has 11 nitrogen and oxygen atoms in total. The van der Waals surface area contributed by atoms with Crippen molar-refractivity contribution in [1.82, 2.24) is 4.31 Å². The molecule has 0 radical (unpaired) electrons. The number of nitrogens with zero attached hydrogens (tertiary/aromatic N) is 2. The van der Waals surface area contributed by atoms with Gasteiger partial charge in [-0.1, -0.05) is 0 Å². The van der Waals surface area contributed by atoms with Gasteiger partial charge in [0.25, 0.3) is 5.69 Å². The quantitative estimate of drug-likeness (QED) is 0.386. The lowest BCUT2D eigenvalue weighted by Crippen LogP contribution is -2.22. The number of nitro benzene ring substituents is 1. The van der Waals surface area contributed by atoms with E-state index in [-0.39, 0.29) is 40.1 Å². The predicted molar refractivity (Wildman–Crippen MR) is 111 cm³/mol. The second-order valence-corrected chi connectivity index (χ2v) is 8.65. The molecule has 1 aliphatic rings. The lowest BCUT2D eigenvalue weighted by molar-refractivity contribution is -0.385. The molecule has 0 bridgehead atoms. The number of nitro groups is 1. The average Bonchev–Trinajstić information content (AvgIpc) is 3.18. The van der Waals surface area contributed by atoms with Crippen molar-refractivity contribution >= 4 is 33.4 Å². The Hall–Kier alpha value is -3.64. The van der Waals surface area contributed by atoms with Gasteiger partial charge in [0.1, 0.15) is 5.75 Å². The third-order valence-electron chi connectivity index (χ3n) is 4.34. The molecule has 2 aromatic rings. The van der Waals surface area contributed by atoms with Crippen LogP contribution >= 0.6 is 0 Å². The highest BCUT2D eigenvalue weighted by Crippen LogP contribution is 2.38. The number of hydrogen-bond donors (Lipinski definition) is 1. The SMILES string of the molecule is COc1ccc(S(=O)(=O)N(C)C)cc1NC(=O)/C=C/c1cc2c(cc1[N+](=O)[O-])OCO2. The first-order valence-electron chi connectivity index (χ1n) is 8.81. The highest BCUT2D eigenvalue weighted by molar-refractivity contribution is 7.89. The van der Waals surface area contributed by atoms with Gasteiger partial charge in [-0.3, -0.25) is 14.9 Å². The van der Waals surface area contributed by atoms with Crippen molar-refractivity contribution in [2.75, 3.05) is 33.3 Å². The number of benzene rings is 2. The van der Waals surface area contributed by atoms with Crippen LogP contribution in [0.4, 0.5) is 11.4 Å². The van der Waals surface area contributed by atoms with Crippen LogP contribution in [0.2, 0.25) is 0 Å². The van der Waals surface area contributed by atoms with Crippen LogP contribution in [0.1, 0.15) is 5.56 Å². The maximum absolute atomic E-state index is 12.4. The Morgan fingerprint density at radius 1 is 1.23 bits per heavy atom. The van der Waals surface area contributed by atoms with Gasteiger partial charge in [0.15, 0.2) is 11.5 Å². The molecule has 0 aromatic heterocycles. The van der Waals surface area contributed by atoms with Crippen LogP contribution in [0.5, 0.6) is 17.2 Å². The second kappa shape index (κ2) is 8.62. The van der Waals surface area contributed by atoms with Gasteiger partial charge >= 0.3 is 0 Å². The zero-order valence-electron chi connectivity index (χ0n) is 16.8.